The summed E-state index contributed by atoms with van der Waals surface area (Å²) in [7, 11) is -8.02. The zero-order valence-electron chi connectivity index (χ0n) is 20.6. The molecule has 1 amide bonds. The molecule has 0 saturated carbocycles. The minimum Gasteiger partial charge on any atom is -0.449 e. The Bertz CT molecular complexity index is 1550. The van der Waals surface area contributed by atoms with Gasteiger partial charge in [0, 0.05) is 11.8 Å². The predicted octanol–water partition coefficient (Wildman–Crippen LogP) is 3.28. The molecule has 1 atom stereocenters. The molecule has 1 unspecified atom stereocenters. The third kappa shape index (κ3) is 8.00. The molecule has 0 bridgehead atoms. The van der Waals surface area contributed by atoms with Gasteiger partial charge in [0.2, 0.25) is 10.0 Å². The van der Waals surface area contributed by atoms with E-state index in [-0.39, 0.29) is 15.5 Å². The number of carbonyl (C=O) groups is 2. The zero-order valence-corrected chi connectivity index (χ0v) is 22.3. The summed E-state index contributed by atoms with van der Waals surface area (Å²) >= 11 is 0. The minimum atomic E-state index is -4.02. The second-order valence-corrected chi connectivity index (χ2v) is 11.4. The van der Waals surface area contributed by atoms with Crippen molar-refractivity contribution in [3.05, 3.63) is 90.0 Å². The van der Waals surface area contributed by atoms with Gasteiger partial charge in [-0.1, -0.05) is 37.3 Å². The Morgan fingerprint density at radius 1 is 0.921 bits per heavy atom. The number of ether oxygens (including phenoxy) is 1. The number of primary sulfonamides is 1. The van der Waals surface area contributed by atoms with E-state index in [1.165, 1.54) is 55.5 Å². The predicted molar refractivity (Wildman–Crippen MR) is 144 cm³/mol. The van der Waals surface area contributed by atoms with Crippen molar-refractivity contribution < 1.29 is 31.2 Å². The maximum absolute atomic E-state index is 12.7. The summed E-state index contributed by atoms with van der Waals surface area (Å²) in [6.45, 7) is 3.48. The van der Waals surface area contributed by atoms with Gasteiger partial charge in [-0.25, -0.2) is 26.8 Å². The molecule has 0 aliphatic rings. The van der Waals surface area contributed by atoms with Crippen LogP contribution in [0.4, 0.5) is 11.4 Å². The Kier molecular flexibility index (Phi) is 9.04. The van der Waals surface area contributed by atoms with Crippen molar-refractivity contribution in [1.29, 1.82) is 0 Å². The third-order valence-electron chi connectivity index (χ3n) is 5.31. The molecule has 3 rings (SSSR count). The van der Waals surface area contributed by atoms with Crippen molar-refractivity contribution in [2.45, 2.75) is 36.2 Å². The first kappa shape index (κ1) is 28.6. The first-order valence-corrected chi connectivity index (χ1v) is 14.4. The molecule has 10 nitrogen and oxygen atoms in total. The SMILES string of the molecule is CCc1ccc(NC(=O)C(C)OC(=O)/C=C/c2ccc(S(=O)(=O)Nc3cccc(S(N)(=O)=O)c3)cc2)cc1. The van der Waals surface area contributed by atoms with Crippen LogP contribution >= 0.6 is 0 Å². The number of carbonyl (C=O) groups excluding carboxylic acids is 2. The van der Waals surface area contributed by atoms with Crippen LogP contribution in [0.1, 0.15) is 25.0 Å². The maximum Gasteiger partial charge on any atom is 0.331 e. The van der Waals surface area contributed by atoms with E-state index in [0.29, 0.717) is 11.3 Å². The Balaban J connectivity index is 1.58. The Morgan fingerprint density at radius 3 is 2.18 bits per heavy atom. The summed E-state index contributed by atoms with van der Waals surface area (Å²) < 4.78 is 55.8. The van der Waals surface area contributed by atoms with Crippen molar-refractivity contribution in [3.63, 3.8) is 0 Å². The maximum atomic E-state index is 12.7. The highest BCUT2D eigenvalue weighted by Gasteiger charge is 2.18. The van der Waals surface area contributed by atoms with Gasteiger partial charge in [-0.05, 0) is 73.0 Å². The highest BCUT2D eigenvalue weighted by atomic mass is 32.2. The van der Waals surface area contributed by atoms with Gasteiger partial charge in [0.1, 0.15) is 0 Å². The molecule has 4 N–H and O–H groups in total. The molecule has 200 valence electrons. The van der Waals surface area contributed by atoms with Crippen LogP contribution in [0.5, 0.6) is 0 Å². The molecular formula is C26H27N3O7S2. The summed E-state index contributed by atoms with van der Waals surface area (Å²) in [5, 5.41) is 7.77. The van der Waals surface area contributed by atoms with E-state index in [0.717, 1.165) is 24.1 Å². The van der Waals surface area contributed by atoms with Gasteiger partial charge in [-0.2, -0.15) is 0 Å². The minimum absolute atomic E-state index is 0.0272. The normalized spacial score (nSPS) is 12.6. The molecule has 0 aromatic heterocycles. The third-order valence-corrected chi connectivity index (χ3v) is 7.62. The van der Waals surface area contributed by atoms with Crippen LogP contribution in [-0.4, -0.2) is 34.8 Å². The molecule has 0 fully saturated rings. The number of sulfonamides is 2. The number of anilines is 2. The number of hydrogen-bond acceptors (Lipinski definition) is 7. The molecule has 0 aliphatic carbocycles. The lowest BCUT2D eigenvalue weighted by Crippen LogP contribution is -2.29. The molecular weight excluding hydrogens is 530 g/mol. The van der Waals surface area contributed by atoms with Crippen LogP contribution in [-0.2, 0) is 40.8 Å². The van der Waals surface area contributed by atoms with Crippen LogP contribution < -0.4 is 15.2 Å². The Labute approximate surface area is 221 Å². The van der Waals surface area contributed by atoms with E-state index in [1.807, 2.05) is 19.1 Å². The molecule has 0 heterocycles. The molecule has 0 saturated heterocycles. The molecule has 3 aromatic rings. The standard InChI is InChI=1S/C26H27N3O7S2/c1-3-19-7-12-21(13-8-19)28-26(31)18(2)36-25(30)16-11-20-9-14-23(15-10-20)38(34,35)29-22-5-4-6-24(17-22)37(27,32)33/h4-18,29H,3H2,1-2H3,(H,28,31)(H2,27,32,33)/b16-11+. The van der Waals surface area contributed by atoms with Gasteiger partial charge in [-0.3, -0.25) is 9.52 Å². The topological polar surface area (TPSA) is 162 Å². The number of nitrogens with one attached hydrogen (secondary N) is 2. The van der Waals surface area contributed by atoms with E-state index >= 15 is 0 Å². The van der Waals surface area contributed by atoms with Crippen LogP contribution in [0.15, 0.2) is 88.7 Å². The summed E-state index contributed by atoms with van der Waals surface area (Å²) in [6.07, 6.45) is 2.38. The Morgan fingerprint density at radius 2 is 1.58 bits per heavy atom. The number of esters is 1. The fourth-order valence-electron chi connectivity index (χ4n) is 3.21. The van der Waals surface area contributed by atoms with E-state index in [1.54, 1.807) is 12.1 Å². The average molecular weight is 558 g/mol. The van der Waals surface area contributed by atoms with E-state index < -0.39 is 38.0 Å². The molecule has 12 heteroatoms. The number of amides is 1. The van der Waals surface area contributed by atoms with Crippen molar-refractivity contribution in [3.8, 4) is 0 Å². The largest absolute Gasteiger partial charge is 0.449 e. The number of benzene rings is 3. The lowest BCUT2D eigenvalue weighted by molar-refractivity contribution is -0.148. The number of hydrogen-bond donors (Lipinski definition) is 3. The first-order valence-electron chi connectivity index (χ1n) is 11.4. The van der Waals surface area contributed by atoms with Crippen LogP contribution in [0, 0.1) is 0 Å². The fourth-order valence-corrected chi connectivity index (χ4v) is 4.82. The number of rotatable bonds is 10. The second-order valence-electron chi connectivity index (χ2n) is 8.20. The second kappa shape index (κ2) is 12.0. The lowest BCUT2D eigenvalue weighted by atomic mass is 10.1. The highest BCUT2D eigenvalue weighted by molar-refractivity contribution is 7.92. The Hall–Kier alpha value is -4.00. The molecule has 0 aliphatic heterocycles. The molecule has 3 aromatic carbocycles. The lowest BCUT2D eigenvalue weighted by Gasteiger charge is -2.12. The van der Waals surface area contributed by atoms with Crippen molar-refractivity contribution in [2.75, 3.05) is 10.0 Å². The van der Waals surface area contributed by atoms with Crippen molar-refractivity contribution in [2.24, 2.45) is 5.14 Å². The summed E-state index contributed by atoms with van der Waals surface area (Å²) in [5.74, 6) is -1.23. The summed E-state index contributed by atoms with van der Waals surface area (Å²) in [6, 6.07) is 18.0. The molecule has 38 heavy (non-hydrogen) atoms. The van der Waals surface area contributed by atoms with E-state index in [4.69, 9.17) is 9.88 Å². The fraction of sp³-hybridized carbons (Fsp3) is 0.154. The van der Waals surface area contributed by atoms with Gasteiger partial charge < -0.3 is 10.1 Å². The van der Waals surface area contributed by atoms with Crippen LogP contribution in [0.3, 0.4) is 0 Å². The molecule has 0 radical (unpaired) electrons. The molecule has 0 spiro atoms. The summed E-state index contributed by atoms with van der Waals surface area (Å²) in [5.41, 5.74) is 2.25. The first-order chi connectivity index (χ1) is 17.9. The van der Waals surface area contributed by atoms with Gasteiger partial charge in [0.05, 0.1) is 15.5 Å². The zero-order chi connectivity index (χ0) is 27.9. The van der Waals surface area contributed by atoms with Crippen molar-refractivity contribution in [1.82, 2.24) is 0 Å². The quantitative estimate of drug-likeness (QED) is 0.254. The monoisotopic (exact) mass is 557 g/mol. The van der Waals surface area contributed by atoms with Crippen molar-refractivity contribution >= 4 is 49.4 Å². The van der Waals surface area contributed by atoms with Gasteiger partial charge in [0.15, 0.2) is 6.10 Å². The summed E-state index contributed by atoms with van der Waals surface area (Å²) in [4.78, 5) is 24.1. The van der Waals surface area contributed by atoms with Crippen LogP contribution in [0.2, 0.25) is 0 Å². The average Bonchev–Trinajstić information content (AvgIpc) is 2.87. The highest BCUT2D eigenvalue weighted by Crippen LogP contribution is 2.20. The smallest absolute Gasteiger partial charge is 0.331 e. The number of aryl methyl sites for hydroxylation is 1. The van der Waals surface area contributed by atoms with Gasteiger partial charge in [0.25, 0.3) is 15.9 Å². The van der Waals surface area contributed by atoms with Gasteiger partial charge >= 0.3 is 5.97 Å². The number of nitrogens with two attached hydrogens (primary N) is 1. The van der Waals surface area contributed by atoms with E-state index in [2.05, 4.69) is 10.0 Å². The van der Waals surface area contributed by atoms with Crippen LogP contribution in [0.25, 0.3) is 6.08 Å². The van der Waals surface area contributed by atoms with E-state index in [9.17, 15) is 26.4 Å². The van der Waals surface area contributed by atoms with Gasteiger partial charge in [-0.15, -0.1) is 0 Å².